The first-order valence-electron chi connectivity index (χ1n) is 2.34. The topological polar surface area (TPSA) is 119 Å². The summed E-state index contributed by atoms with van der Waals surface area (Å²) >= 11 is 0. The maximum Gasteiger partial charge on any atom is 1.00 e. The maximum atomic E-state index is 9.83. The van der Waals surface area contributed by atoms with E-state index in [1.165, 1.54) is 0 Å². The third-order valence-corrected chi connectivity index (χ3v) is 0.757. The fraction of sp³-hybridized carbons (Fsp3) is 0.667. The first-order valence-corrected chi connectivity index (χ1v) is 2.34. The van der Waals surface area contributed by atoms with Crippen LogP contribution in [0.15, 0.2) is 5.29 Å². The molecule has 0 aliphatic rings. The second kappa shape index (κ2) is 6.50. The molecule has 11 heavy (non-hydrogen) atoms. The van der Waals surface area contributed by atoms with Gasteiger partial charge >= 0.3 is 29.6 Å². The van der Waals surface area contributed by atoms with Gasteiger partial charge in [-0.3, -0.25) is 5.21 Å². The van der Waals surface area contributed by atoms with E-state index < -0.39 is 18.6 Å². The first kappa shape index (κ1) is 13.4. The Morgan fingerprint density at radius 3 is 2.55 bits per heavy atom. The van der Waals surface area contributed by atoms with Crippen molar-refractivity contribution in [3.05, 3.63) is 4.91 Å². The van der Waals surface area contributed by atoms with Crippen molar-refractivity contribution in [1.82, 2.24) is 5.17 Å². The molecule has 58 valence electrons. The van der Waals surface area contributed by atoms with Crippen molar-refractivity contribution in [3.63, 3.8) is 0 Å². The van der Waals surface area contributed by atoms with Crippen LogP contribution in [0.1, 0.15) is 0 Å². The van der Waals surface area contributed by atoms with E-state index in [1.54, 1.807) is 0 Å². The van der Waals surface area contributed by atoms with Crippen LogP contribution in [0.3, 0.4) is 0 Å². The summed E-state index contributed by atoms with van der Waals surface area (Å²) in [6.07, 6.45) is 0. The van der Waals surface area contributed by atoms with Crippen LogP contribution in [0, 0.1) is 4.91 Å². The summed E-state index contributed by atoms with van der Waals surface area (Å²) in [7, 11) is 0. The van der Waals surface area contributed by atoms with E-state index >= 15 is 0 Å². The average molecular weight is 171 g/mol. The predicted octanol–water partition coefficient (Wildman–Crippen LogP) is -5.56. The summed E-state index contributed by atoms with van der Waals surface area (Å²) in [6.45, 7) is -0.578. The zero-order chi connectivity index (χ0) is 8.15. The number of carboxylic acids is 1. The molecule has 0 saturated carbocycles. The quantitative estimate of drug-likeness (QED) is 0.247. The van der Waals surface area contributed by atoms with Gasteiger partial charge in [-0.2, -0.15) is 0 Å². The monoisotopic (exact) mass is 171 g/mol. The van der Waals surface area contributed by atoms with E-state index in [9.17, 15) is 14.8 Å². The van der Waals surface area contributed by atoms with Crippen LogP contribution in [0.25, 0.3) is 0 Å². The summed E-state index contributed by atoms with van der Waals surface area (Å²) in [5.41, 5.74) is 4.83. The standard InChI is InChI=1S/C3H7N3O4.Na/c4-2(3(7)8)1-6(10)5-9;/h2,10H,1,4H2,(H,7,8);/q;+1/p-1. The van der Waals surface area contributed by atoms with E-state index in [4.69, 9.17) is 10.9 Å². The Labute approximate surface area is 84.4 Å². The molecule has 0 aliphatic heterocycles. The van der Waals surface area contributed by atoms with Crippen molar-refractivity contribution in [1.29, 1.82) is 0 Å². The van der Waals surface area contributed by atoms with Crippen molar-refractivity contribution in [2.75, 3.05) is 6.54 Å². The van der Waals surface area contributed by atoms with Gasteiger partial charge in [-0.15, -0.1) is 10.1 Å². The van der Waals surface area contributed by atoms with E-state index in [2.05, 4.69) is 0 Å². The molecule has 0 fully saturated rings. The average Bonchev–Trinajstić information content (AvgIpc) is 1.87. The predicted molar refractivity (Wildman–Crippen MR) is 27.3 cm³/mol. The third-order valence-electron chi connectivity index (χ3n) is 0.757. The maximum absolute atomic E-state index is 9.83. The Balaban J connectivity index is 0. The van der Waals surface area contributed by atoms with Gasteiger partial charge in [-0.25, -0.2) is 0 Å². The van der Waals surface area contributed by atoms with Gasteiger partial charge in [0.05, 0.1) is 23.8 Å². The van der Waals surface area contributed by atoms with Crippen molar-refractivity contribution < 1.29 is 44.7 Å². The van der Waals surface area contributed by atoms with Gasteiger partial charge in [0, 0.05) is 0 Å². The molecule has 0 aromatic rings. The molecular weight excluding hydrogens is 165 g/mol. The Morgan fingerprint density at radius 1 is 1.82 bits per heavy atom. The van der Waals surface area contributed by atoms with Crippen LogP contribution in [0.5, 0.6) is 0 Å². The summed E-state index contributed by atoms with van der Waals surface area (Å²) in [5.74, 6) is -1.55. The number of hydrogen-bond acceptors (Lipinski definition) is 6. The number of aliphatic carboxylic acids is 1. The van der Waals surface area contributed by atoms with Gasteiger partial charge in [0.2, 0.25) is 0 Å². The zero-order valence-corrected chi connectivity index (χ0v) is 7.93. The molecule has 0 aromatic carbocycles. The fourth-order valence-corrected chi connectivity index (χ4v) is 0.284. The SMILES string of the molecule is NC(CN(O)N=O)C(=O)[O-].[Na+]. The molecule has 0 rings (SSSR count). The number of carboxylic acid groups (broad SMARTS) is 1. The first-order chi connectivity index (χ1) is 4.57. The van der Waals surface area contributed by atoms with Crippen LogP contribution >= 0.6 is 0 Å². The fourth-order valence-electron chi connectivity index (χ4n) is 0.284. The van der Waals surface area contributed by atoms with Gasteiger partial charge in [0.25, 0.3) is 0 Å². The number of rotatable bonds is 4. The zero-order valence-electron chi connectivity index (χ0n) is 5.93. The molecule has 1 unspecified atom stereocenters. The molecule has 8 heteroatoms. The Kier molecular flexibility index (Phi) is 7.91. The van der Waals surface area contributed by atoms with Crippen molar-refractivity contribution in [3.8, 4) is 0 Å². The summed E-state index contributed by atoms with van der Waals surface area (Å²) in [4.78, 5) is 19.3. The molecular formula is C3H6N3NaO4. The van der Waals surface area contributed by atoms with Crippen molar-refractivity contribution in [2.45, 2.75) is 6.04 Å². The number of hydroxylamine groups is 1. The van der Waals surface area contributed by atoms with Gasteiger partial charge in [-0.1, -0.05) is 0 Å². The molecule has 0 heterocycles. The number of carbonyl (C=O) groups excluding carboxylic acids is 1. The molecule has 7 nitrogen and oxygen atoms in total. The van der Waals surface area contributed by atoms with Crippen molar-refractivity contribution >= 4 is 5.97 Å². The number of nitrogens with zero attached hydrogens (tertiary/aromatic N) is 2. The van der Waals surface area contributed by atoms with Crippen LogP contribution in [-0.2, 0) is 4.79 Å². The van der Waals surface area contributed by atoms with Gasteiger partial charge in [-0.05, 0) is 0 Å². The molecule has 3 N–H and O–H groups in total. The van der Waals surface area contributed by atoms with E-state index in [1.807, 2.05) is 5.29 Å². The second-order valence-corrected chi connectivity index (χ2v) is 1.56. The molecule has 0 radical (unpaired) electrons. The Morgan fingerprint density at radius 2 is 2.27 bits per heavy atom. The third kappa shape index (κ3) is 6.20. The van der Waals surface area contributed by atoms with Crippen molar-refractivity contribution in [2.24, 2.45) is 11.0 Å². The molecule has 0 spiro atoms. The molecule has 1 atom stereocenters. The minimum Gasteiger partial charge on any atom is -0.548 e. The summed E-state index contributed by atoms with van der Waals surface area (Å²) in [5, 5.41) is 20.0. The van der Waals surface area contributed by atoms with Gasteiger partial charge in [0.1, 0.15) is 0 Å². The molecule has 0 amide bonds. The molecule has 0 saturated heterocycles. The number of hydrogen-bond donors (Lipinski definition) is 2. The minimum atomic E-state index is -1.55. The van der Waals surface area contributed by atoms with E-state index in [-0.39, 0.29) is 34.7 Å². The van der Waals surface area contributed by atoms with Gasteiger partial charge < -0.3 is 15.6 Å². The number of nitroso groups, excluding NO2 is 1. The minimum absolute atomic E-state index is 0. The molecule has 0 aliphatic carbocycles. The van der Waals surface area contributed by atoms with Crippen LogP contribution in [0.4, 0.5) is 0 Å². The van der Waals surface area contributed by atoms with E-state index in [0.717, 1.165) is 0 Å². The summed E-state index contributed by atoms with van der Waals surface area (Å²) < 4.78 is 0. The van der Waals surface area contributed by atoms with E-state index in [0.29, 0.717) is 0 Å². The Hall–Kier alpha value is -0.210. The normalized spacial score (nSPS) is 11.1. The largest absolute Gasteiger partial charge is 1.00 e. The smallest absolute Gasteiger partial charge is 0.548 e. The number of carbonyl (C=O) groups is 1. The molecule has 0 bridgehead atoms. The Bertz CT molecular complexity index is 143. The number of nitrogens with two attached hydrogens (primary N) is 1. The van der Waals surface area contributed by atoms with Gasteiger partial charge in [0.15, 0.2) is 0 Å². The summed E-state index contributed by atoms with van der Waals surface area (Å²) in [6, 6.07) is -1.41. The van der Waals surface area contributed by atoms with Crippen LogP contribution < -0.4 is 40.4 Å². The van der Waals surface area contributed by atoms with Crippen LogP contribution in [0.2, 0.25) is 0 Å². The second-order valence-electron chi connectivity index (χ2n) is 1.56. The van der Waals surface area contributed by atoms with Crippen LogP contribution in [-0.4, -0.2) is 28.9 Å². The molecule has 0 aromatic heterocycles.